The highest BCUT2D eigenvalue weighted by molar-refractivity contribution is 5.97. The molecule has 1 unspecified atom stereocenters. The van der Waals surface area contributed by atoms with Crippen LogP contribution in [0.2, 0.25) is 0 Å². The smallest absolute Gasteiger partial charge is 0.119 e. The standard InChI is InChI=1S/C21H33N5/c1-16(2)21(23)26(17(3)22)24-14-19-11-12-20(15-24)25(19)13-7-10-18-8-5-4-6-9-18/h4-6,8-9,16,19-20,22-23H,7,10-15H2,1-3H3/t19-,20?/m1/s1. The van der Waals surface area contributed by atoms with Gasteiger partial charge in [-0.2, -0.15) is 0 Å². The second kappa shape index (κ2) is 8.31. The summed E-state index contributed by atoms with van der Waals surface area (Å²) in [6.45, 7) is 8.90. The summed E-state index contributed by atoms with van der Waals surface area (Å²) in [5.74, 6) is 1.13. The average Bonchev–Trinajstić information content (AvgIpc) is 2.84. The molecule has 2 heterocycles. The number of piperazine rings is 1. The molecule has 3 rings (SSSR count). The summed E-state index contributed by atoms with van der Waals surface area (Å²) in [5, 5.41) is 20.7. The zero-order valence-electron chi connectivity index (χ0n) is 16.4. The lowest BCUT2D eigenvalue weighted by Crippen LogP contribution is -2.61. The van der Waals surface area contributed by atoms with Gasteiger partial charge in [0.2, 0.25) is 0 Å². The second-order valence-corrected chi connectivity index (χ2v) is 8.02. The third-order valence-corrected chi connectivity index (χ3v) is 5.71. The molecule has 5 nitrogen and oxygen atoms in total. The third-order valence-electron chi connectivity index (χ3n) is 5.71. The summed E-state index contributed by atoms with van der Waals surface area (Å²) in [6.07, 6.45) is 4.83. The highest BCUT2D eigenvalue weighted by Gasteiger charge is 2.42. The van der Waals surface area contributed by atoms with E-state index in [0.717, 1.165) is 26.1 Å². The summed E-state index contributed by atoms with van der Waals surface area (Å²) in [4.78, 5) is 2.69. The fourth-order valence-corrected chi connectivity index (χ4v) is 4.40. The van der Waals surface area contributed by atoms with Crippen molar-refractivity contribution in [3.05, 3.63) is 35.9 Å². The molecule has 0 saturated carbocycles. The predicted octanol–water partition coefficient (Wildman–Crippen LogP) is 3.62. The van der Waals surface area contributed by atoms with Crippen LogP contribution in [0.15, 0.2) is 30.3 Å². The summed E-state index contributed by atoms with van der Waals surface area (Å²) in [5.41, 5.74) is 1.43. The molecule has 2 N–H and O–H groups in total. The van der Waals surface area contributed by atoms with Crippen LogP contribution in [0.25, 0.3) is 0 Å². The van der Waals surface area contributed by atoms with Gasteiger partial charge < -0.3 is 0 Å². The van der Waals surface area contributed by atoms with Crippen LogP contribution >= 0.6 is 0 Å². The number of amidine groups is 2. The number of hydrogen-bond acceptors (Lipinski definition) is 4. The Bertz CT molecular complexity index is 613. The van der Waals surface area contributed by atoms with E-state index >= 15 is 0 Å². The third kappa shape index (κ3) is 4.15. The molecule has 26 heavy (non-hydrogen) atoms. The van der Waals surface area contributed by atoms with E-state index < -0.39 is 0 Å². The fourth-order valence-electron chi connectivity index (χ4n) is 4.40. The van der Waals surface area contributed by atoms with Crippen molar-refractivity contribution in [2.24, 2.45) is 5.92 Å². The summed E-state index contributed by atoms with van der Waals surface area (Å²) in [6, 6.07) is 11.9. The molecule has 1 aromatic carbocycles. The number of fused-ring (bicyclic) bond motifs is 2. The Morgan fingerprint density at radius 3 is 2.27 bits per heavy atom. The number of aryl methyl sites for hydroxylation is 1. The first-order valence-electron chi connectivity index (χ1n) is 9.95. The Kier molecular flexibility index (Phi) is 6.09. The van der Waals surface area contributed by atoms with Gasteiger partial charge in [0.15, 0.2) is 0 Å². The topological polar surface area (TPSA) is 57.4 Å². The lowest BCUT2D eigenvalue weighted by atomic mass is 10.1. The van der Waals surface area contributed by atoms with Crippen LogP contribution in [0.3, 0.4) is 0 Å². The summed E-state index contributed by atoms with van der Waals surface area (Å²) in [7, 11) is 0. The maximum atomic E-state index is 8.41. The Balaban J connectivity index is 1.58. The van der Waals surface area contributed by atoms with Gasteiger partial charge in [-0.15, -0.1) is 0 Å². The van der Waals surface area contributed by atoms with Gasteiger partial charge in [-0.1, -0.05) is 44.2 Å². The molecule has 0 amide bonds. The van der Waals surface area contributed by atoms with Crippen LogP contribution < -0.4 is 0 Å². The quantitative estimate of drug-likeness (QED) is 0.605. The van der Waals surface area contributed by atoms with E-state index in [1.54, 1.807) is 6.92 Å². The number of nitrogens with one attached hydrogen (secondary N) is 2. The van der Waals surface area contributed by atoms with E-state index in [2.05, 4.69) is 40.2 Å². The van der Waals surface area contributed by atoms with Crippen LogP contribution in [0, 0.1) is 16.7 Å². The van der Waals surface area contributed by atoms with Gasteiger partial charge in [-0.3, -0.25) is 15.7 Å². The maximum Gasteiger partial charge on any atom is 0.119 e. The lowest BCUT2D eigenvalue weighted by Gasteiger charge is -2.46. The summed E-state index contributed by atoms with van der Waals surface area (Å²) >= 11 is 0. The van der Waals surface area contributed by atoms with Crippen molar-refractivity contribution in [3.63, 3.8) is 0 Å². The predicted molar refractivity (Wildman–Crippen MR) is 108 cm³/mol. The minimum Gasteiger partial charge on any atom is -0.295 e. The molecule has 0 aliphatic carbocycles. The normalized spacial score (nSPS) is 23.4. The van der Waals surface area contributed by atoms with Crippen molar-refractivity contribution in [1.82, 2.24) is 14.9 Å². The number of rotatable bonds is 6. The molecule has 2 aliphatic heterocycles. The molecule has 142 valence electrons. The van der Waals surface area contributed by atoms with Crippen molar-refractivity contribution in [1.29, 1.82) is 10.8 Å². The van der Waals surface area contributed by atoms with E-state index in [4.69, 9.17) is 10.8 Å². The molecule has 2 bridgehead atoms. The van der Waals surface area contributed by atoms with E-state index in [9.17, 15) is 0 Å². The Morgan fingerprint density at radius 2 is 1.73 bits per heavy atom. The van der Waals surface area contributed by atoms with Crippen molar-refractivity contribution in [3.8, 4) is 0 Å². The highest BCUT2D eigenvalue weighted by Crippen LogP contribution is 2.31. The zero-order chi connectivity index (χ0) is 18.7. The maximum absolute atomic E-state index is 8.41. The van der Waals surface area contributed by atoms with Gasteiger partial charge in [0.1, 0.15) is 11.7 Å². The molecule has 1 aromatic rings. The van der Waals surface area contributed by atoms with Crippen LogP contribution in [-0.4, -0.2) is 58.3 Å². The van der Waals surface area contributed by atoms with Crippen molar-refractivity contribution >= 4 is 11.7 Å². The van der Waals surface area contributed by atoms with Crippen LogP contribution in [0.1, 0.15) is 45.6 Å². The minimum atomic E-state index is 0.136. The molecule has 2 saturated heterocycles. The zero-order valence-corrected chi connectivity index (χ0v) is 16.4. The molecule has 2 atom stereocenters. The molecular weight excluding hydrogens is 322 g/mol. The second-order valence-electron chi connectivity index (χ2n) is 8.02. The number of nitrogens with zero attached hydrogens (tertiary/aromatic N) is 3. The minimum absolute atomic E-state index is 0.136. The molecule has 2 aliphatic rings. The number of hydrogen-bond donors (Lipinski definition) is 2. The molecule has 0 aromatic heterocycles. The van der Waals surface area contributed by atoms with Crippen LogP contribution in [0.5, 0.6) is 0 Å². The SMILES string of the molecule is CC(=N)N(C(=N)C(C)C)N1CC2CC[C@H](C1)N2CCCc1ccccc1. The molecule has 5 heteroatoms. The van der Waals surface area contributed by atoms with Gasteiger partial charge >= 0.3 is 0 Å². The summed E-state index contributed by atoms with van der Waals surface area (Å²) < 4.78 is 0. The van der Waals surface area contributed by atoms with Crippen molar-refractivity contribution in [2.75, 3.05) is 19.6 Å². The first kappa shape index (κ1) is 19.1. The Labute approximate surface area is 158 Å². The van der Waals surface area contributed by atoms with Gasteiger partial charge in [0.25, 0.3) is 0 Å². The van der Waals surface area contributed by atoms with Gasteiger partial charge in [-0.05, 0) is 44.7 Å². The Morgan fingerprint density at radius 1 is 1.12 bits per heavy atom. The van der Waals surface area contributed by atoms with E-state index in [-0.39, 0.29) is 5.92 Å². The van der Waals surface area contributed by atoms with Gasteiger partial charge in [-0.25, -0.2) is 10.0 Å². The van der Waals surface area contributed by atoms with Crippen molar-refractivity contribution in [2.45, 2.75) is 58.5 Å². The van der Waals surface area contributed by atoms with Crippen LogP contribution in [-0.2, 0) is 6.42 Å². The molecule has 0 radical (unpaired) electrons. The number of hydrazine groups is 1. The van der Waals surface area contributed by atoms with Crippen LogP contribution in [0.4, 0.5) is 0 Å². The van der Waals surface area contributed by atoms with Crippen molar-refractivity contribution < 1.29 is 0 Å². The highest BCUT2D eigenvalue weighted by atomic mass is 15.7. The molecule has 2 fully saturated rings. The Hall–Kier alpha value is -1.72. The van der Waals surface area contributed by atoms with Gasteiger partial charge in [0.05, 0.1) is 0 Å². The average molecular weight is 356 g/mol. The first-order chi connectivity index (χ1) is 12.5. The lowest BCUT2D eigenvalue weighted by molar-refractivity contribution is -0.00572. The molecular formula is C21H33N5. The van der Waals surface area contributed by atoms with E-state index in [1.807, 2.05) is 18.9 Å². The monoisotopic (exact) mass is 355 g/mol. The van der Waals surface area contributed by atoms with E-state index in [1.165, 1.54) is 24.8 Å². The molecule has 0 spiro atoms. The van der Waals surface area contributed by atoms with E-state index in [0.29, 0.717) is 23.8 Å². The number of benzene rings is 1. The largest absolute Gasteiger partial charge is 0.295 e. The van der Waals surface area contributed by atoms with Gasteiger partial charge in [0, 0.05) is 31.1 Å². The first-order valence-corrected chi connectivity index (χ1v) is 9.95. The fraction of sp³-hybridized carbons (Fsp3) is 0.619.